The molecule has 2 N–H and O–H groups in total. The number of ether oxygens (including phenoxy) is 1. The predicted octanol–water partition coefficient (Wildman–Crippen LogP) is 8.12. The summed E-state index contributed by atoms with van der Waals surface area (Å²) in [5, 5.41) is 0. The minimum Gasteiger partial charge on any atom is -0.428 e. The molecule has 0 bridgehead atoms. The van der Waals surface area contributed by atoms with Crippen LogP contribution in [0.5, 0.6) is 5.75 Å². The first-order valence-corrected chi connectivity index (χ1v) is 13.0. The van der Waals surface area contributed by atoms with Gasteiger partial charge in [-0.15, -0.1) is 0 Å². The molecule has 45 heavy (non-hydrogen) atoms. The topological polar surface area (TPSA) is 69.4 Å². The zero-order valence-electron chi connectivity index (χ0n) is 22.9. The molecule has 0 spiro atoms. The molecule has 0 aromatic heterocycles. The summed E-state index contributed by atoms with van der Waals surface area (Å²) in [6, 6.07) is 16.8. The van der Waals surface area contributed by atoms with Crippen LogP contribution < -0.4 is 10.5 Å². The van der Waals surface area contributed by atoms with Crippen molar-refractivity contribution in [3.8, 4) is 5.75 Å². The number of amides is 1. The predicted molar refractivity (Wildman–Crippen MR) is 144 cm³/mol. The Labute approximate surface area is 250 Å². The number of nitrogens with two attached hydrogens (primary N) is 1. The van der Waals surface area contributed by atoms with Crippen LogP contribution in [0.15, 0.2) is 91.0 Å². The summed E-state index contributed by atoms with van der Waals surface area (Å²) < 4.78 is 127. The molecule has 0 heterocycles. The maximum atomic E-state index is 15.0. The number of hydrogen-bond acceptors (Lipinski definition) is 3. The molecule has 0 aliphatic rings. The third kappa shape index (κ3) is 7.47. The van der Waals surface area contributed by atoms with Crippen LogP contribution >= 0.6 is 0 Å². The number of primary amides is 1. The van der Waals surface area contributed by atoms with Crippen molar-refractivity contribution in [3.63, 3.8) is 0 Å². The summed E-state index contributed by atoms with van der Waals surface area (Å²) in [5.74, 6) is -5.74. The second-order valence-electron chi connectivity index (χ2n) is 10.1. The number of benzene rings is 4. The van der Waals surface area contributed by atoms with E-state index < -0.39 is 70.7 Å². The van der Waals surface area contributed by atoms with Crippen molar-refractivity contribution in [2.45, 2.75) is 37.0 Å². The number of carbonyl (C=O) groups excluding carboxylic acids is 2. The Balaban J connectivity index is 1.98. The van der Waals surface area contributed by atoms with E-state index in [9.17, 15) is 44.7 Å². The molecule has 4 aromatic carbocycles. The van der Waals surface area contributed by atoms with Crippen LogP contribution in [0.1, 0.15) is 49.4 Å². The number of carbonyl (C=O) groups is 2. The Morgan fingerprint density at radius 1 is 0.756 bits per heavy atom. The van der Waals surface area contributed by atoms with Crippen molar-refractivity contribution in [1.29, 1.82) is 0 Å². The second-order valence-corrected chi connectivity index (χ2v) is 10.1. The van der Waals surface area contributed by atoms with E-state index in [0.29, 0.717) is 23.8 Å². The molecule has 4 aromatic rings. The lowest BCUT2D eigenvalue weighted by Crippen LogP contribution is -2.35. The molecule has 0 saturated carbocycles. The summed E-state index contributed by atoms with van der Waals surface area (Å²) in [7, 11) is 0. The van der Waals surface area contributed by atoms with E-state index in [0.717, 1.165) is 18.2 Å². The van der Waals surface area contributed by atoms with Crippen LogP contribution in [0.4, 0.5) is 39.5 Å². The molecule has 0 aliphatic heterocycles. The fraction of sp³-hybridized carbons (Fsp3) is 0.188. The van der Waals surface area contributed by atoms with Gasteiger partial charge in [0.15, 0.2) is 5.78 Å². The second kappa shape index (κ2) is 12.7. The molecule has 0 radical (unpaired) electrons. The maximum Gasteiger partial charge on any atom is 0.461 e. The number of halogens is 9. The van der Waals surface area contributed by atoms with Crippen LogP contribution in [0.25, 0.3) is 0 Å². The van der Waals surface area contributed by atoms with E-state index >= 15 is 4.39 Å². The lowest BCUT2D eigenvalue weighted by Gasteiger charge is -2.36. The van der Waals surface area contributed by atoms with Crippen LogP contribution in [-0.2, 0) is 18.0 Å². The summed E-state index contributed by atoms with van der Waals surface area (Å²) in [6.45, 7) is 0. The monoisotopic (exact) mass is 639 g/mol. The van der Waals surface area contributed by atoms with Gasteiger partial charge in [0.25, 0.3) is 0 Å². The van der Waals surface area contributed by atoms with Gasteiger partial charge in [0.1, 0.15) is 17.4 Å². The summed E-state index contributed by atoms with van der Waals surface area (Å²) >= 11 is 0. The van der Waals surface area contributed by atoms with Gasteiger partial charge in [0.05, 0.1) is 5.56 Å². The van der Waals surface area contributed by atoms with Gasteiger partial charge in [0, 0.05) is 29.0 Å². The minimum absolute atomic E-state index is 0.00637. The molecule has 1 atom stereocenters. The van der Waals surface area contributed by atoms with Crippen molar-refractivity contribution in [2.75, 3.05) is 0 Å². The van der Waals surface area contributed by atoms with Crippen LogP contribution in [-0.4, -0.2) is 24.2 Å². The van der Waals surface area contributed by atoms with Gasteiger partial charge in [0.2, 0.25) is 5.91 Å². The van der Waals surface area contributed by atoms with E-state index in [-0.39, 0.29) is 23.1 Å². The third-order valence-corrected chi connectivity index (χ3v) is 7.06. The van der Waals surface area contributed by atoms with Crippen molar-refractivity contribution in [2.24, 2.45) is 5.73 Å². The van der Waals surface area contributed by atoms with Gasteiger partial charge in [-0.1, -0.05) is 42.5 Å². The molecule has 236 valence electrons. The first kappa shape index (κ1) is 33.1. The molecule has 0 aliphatic carbocycles. The summed E-state index contributed by atoms with van der Waals surface area (Å²) in [4.78, 5) is 25.5. The lowest BCUT2D eigenvalue weighted by atomic mass is 9.66. The van der Waals surface area contributed by atoms with Crippen molar-refractivity contribution in [3.05, 3.63) is 136 Å². The van der Waals surface area contributed by atoms with Gasteiger partial charge < -0.3 is 10.5 Å². The average molecular weight is 640 g/mol. The standard InChI is InChI=1S/C32H22F9NO3/c33-23-13-22(14-24(15-23)45-32(40,41)29(35)36)30(16-18-4-2-1-3-5-18,21-9-6-19(7-10-21)28(42)44)17-27(43)20-8-11-26(34)25(12-20)31(37,38)39/h1-15,29H,16-17H2,(H2,42,44)/t30-/m1/s1. The zero-order valence-corrected chi connectivity index (χ0v) is 22.9. The third-order valence-electron chi connectivity index (χ3n) is 7.06. The molecule has 0 unspecified atom stereocenters. The van der Waals surface area contributed by atoms with Crippen molar-refractivity contribution >= 4 is 11.7 Å². The molecule has 1 amide bonds. The molecule has 4 nitrogen and oxygen atoms in total. The van der Waals surface area contributed by atoms with E-state index in [2.05, 4.69) is 4.74 Å². The van der Waals surface area contributed by atoms with Crippen LogP contribution in [0, 0.1) is 11.6 Å². The van der Waals surface area contributed by atoms with Gasteiger partial charge >= 0.3 is 18.7 Å². The highest BCUT2D eigenvalue weighted by molar-refractivity contribution is 5.98. The first-order chi connectivity index (χ1) is 21.0. The fourth-order valence-corrected chi connectivity index (χ4v) is 4.93. The molecule has 0 fully saturated rings. The quantitative estimate of drug-likeness (QED) is 0.133. The van der Waals surface area contributed by atoms with E-state index in [1.165, 1.54) is 24.3 Å². The maximum absolute atomic E-state index is 15.0. The minimum atomic E-state index is -5.16. The highest BCUT2D eigenvalue weighted by Gasteiger charge is 2.45. The number of Topliss-reactive ketones (excluding diaryl/α,β-unsaturated/α-hetero) is 1. The average Bonchev–Trinajstić information content (AvgIpc) is 2.96. The number of rotatable bonds is 11. The Morgan fingerprint density at radius 3 is 1.96 bits per heavy atom. The molecular weight excluding hydrogens is 617 g/mol. The highest BCUT2D eigenvalue weighted by atomic mass is 19.4. The zero-order chi connectivity index (χ0) is 33.2. The molecule has 13 heteroatoms. The van der Waals surface area contributed by atoms with E-state index in [1.807, 2.05) is 0 Å². The van der Waals surface area contributed by atoms with Crippen molar-refractivity contribution < 1.29 is 53.8 Å². The van der Waals surface area contributed by atoms with Crippen LogP contribution in [0.2, 0.25) is 0 Å². The van der Waals surface area contributed by atoms with E-state index in [4.69, 9.17) is 5.73 Å². The highest BCUT2D eigenvalue weighted by Crippen LogP contribution is 2.43. The fourth-order valence-electron chi connectivity index (χ4n) is 4.93. The Morgan fingerprint density at radius 2 is 1.38 bits per heavy atom. The largest absolute Gasteiger partial charge is 0.461 e. The van der Waals surface area contributed by atoms with Gasteiger partial charge in [-0.25, -0.2) is 8.78 Å². The number of ketones is 1. The first-order valence-electron chi connectivity index (χ1n) is 13.0. The molecular formula is C32H22F9NO3. The molecule has 0 saturated heterocycles. The SMILES string of the molecule is NC(=O)c1ccc([C@](CC(=O)c2ccc(F)c(C(F)(F)F)c2)(Cc2ccccc2)c2cc(F)cc(OC(F)(F)C(F)F)c2)cc1. The smallest absolute Gasteiger partial charge is 0.428 e. The molecule has 4 rings (SSSR count). The van der Waals surface area contributed by atoms with Crippen molar-refractivity contribution in [1.82, 2.24) is 0 Å². The normalized spacial score (nSPS) is 13.4. The summed E-state index contributed by atoms with van der Waals surface area (Å²) in [5.41, 5.74) is 1.58. The number of hydrogen-bond donors (Lipinski definition) is 1. The Hall–Kier alpha value is -4.81. The number of alkyl halides is 7. The van der Waals surface area contributed by atoms with Crippen LogP contribution in [0.3, 0.4) is 0 Å². The summed E-state index contributed by atoms with van der Waals surface area (Å²) in [6.07, 6.45) is -15.5. The van der Waals surface area contributed by atoms with Gasteiger partial charge in [-0.05, 0) is 65.6 Å². The van der Waals surface area contributed by atoms with E-state index in [1.54, 1.807) is 30.3 Å². The Kier molecular flexibility index (Phi) is 9.31. The lowest BCUT2D eigenvalue weighted by molar-refractivity contribution is -0.253. The Bertz CT molecular complexity index is 1690. The van der Waals surface area contributed by atoms with Gasteiger partial charge in [-0.3, -0.25) is 9.59 Å². The van der Waals surface area contributed by atoms with Gasteiger partial charge in [-0.2, -0.15) is 30.7 Å².